The van der Waals surface area contributed by atoms with Gasteiger partial charge in [-0.25, -0.2) is 0 Å². The Labute approximate surface area is 108 Å². The van der Waals surface area contributed by atoms with E-state index in [0.29, 0.717) is 26.2 Å². The summed E-state index contributed by atoms with van der Waals surface area (Å²) in [6.45, 7) is 5.87. The van der Waals surface area contributed by atoms with Gasteiger partial charge in [-0.2, -0.15) is 0 Å². The topological polar surface area (TPSA) is 53.7 Å². The highest BCUT2D eigenvalue weighted by Crippen LogP contribution is 2.29. The average molecular weight is 251 g/mol. The second kappa shape index (κ2) is 5.69. The van der Waals surface area contributed by atoms with Crippen molar-refractivity contribution in [2.45, 2.75) is 32.1 Å². The van der Waals surface area contributed by atoms with E-state index in [-0.39, 0.29) is 6.04 Å². The molecule has 1 aromatic carbocycles. The molecule has 1 atom stereocenters. The first-order valence-corrected chi connectivity index (χ1v) is 6.39. The van der Waals surface area contributed by atoms with E-state index in [2.05, 4.69) is 0 Å². The summed E-state index contributed by atoms with van der Waals surface area (Å²) in [5.74, 6) is 0.325. The number of nitrogens with two attached hydrogens (primary N) is 1. The zero-order valence-electron chi connectivity index (χ0n) is 11.0. The predicted octanol–water partition coefficient (Wildman–Crippen LogP) is 2.24. The Balaban J connectivity index is 1.97. The summed E-state index contributed by atoms with van der Waals surface area (Å²) >= 11 is 0. The first kappa shape index (κ1) is 13.3. The number of hydrogen-bond acceptors (Lipinski definition) is 4. The van der Waals surface area contributed by atoms with E-state index in [0.717, 1.165) is 11.3 Å². The molecule has 0 aromatic heterocycles. The lowest BCUT2D eigenvalue weighted by Gasteiger charge is -2.26. The molecule has 0 bridgehead atoms. The first-order chi connectivity index (χ1) is 8.63. The van der Waals surface area contributed by atoms with Gasteiger partial charge in [0, 0.05) is 12.5 Å². The van der Waals surface area contributed by atoms with Crippen LogP contribution < -0.4 is 10.5 Å². The minimum Gasteiger partial charge on any atom is -0.494 e. The molecule has 1 aromatic rings. The summed E-state index contributed by atoms with van der Waals surface area (Å²) in [6.07, 6.45) is 0.654. The Morgan fingerprint density at radius 2 is 1.89 bits per heavy atom. The van der Waals surface area contributed by atoms with Crippen LogP contribution in [0.15, 0.2) is 24.3 Å². The van der Waals surface area contributed by atoms with Crippen molar-refractivity contribution in [3.63, 3.8) is 0 Å². The fourth-order valence-corrected chi connectivity index (χ4v) is 2.17. The van der Waals surface area contributed by atoms with Gasteiger partial charge in [-0.05, 0) is 31.5 Å². The molecule has 2 rings (SSSR count). The standard InChI is InChI=1S/C14H21NO3/c1-3-16-12-6-4-11(5-7-12)13(15)10-14(2)17-8-9-18-14/h4-7,13H,3,8-10,15H2,1-2H3. The molecular weight excluding hydrogens is 230 g/mol. The van der Waals surface area contributed by atoms with Crippen LogP contribution in [0.25, 0.3) is 0 Å². The molecule has 0 amide bonds. The van der Waals surface area contributed by atoms with Crippen LogP contribution >= 0.6 is 0 Å². The van der Waals surface area contributed by atoms with Crippen molar-refractivity contribution in [2.75, 3.05) is 19.8 Å². The van der Waals surface area contributed by atoms with Gasteiger partial charge in [-0.15, -0.1) is 0 Å². The molecule has 18 heavy (non-hydrogen) atoms. The van der Waals surface area contributed by atoms with Crippen molar-refractivity contribution < 1.29 is 14.2 Å². The summed E-state index contributed by atoms with van der Waals surface area (Å²) in [5, 5.41) is 0. The van der Waals surface area contributed by atoms with Gasteiger partial charge in [0.2, 0.25) is 0 Å². The molecule has 0 aliphatic carbocycles. The monoisotopic (exact) mass is 251 g/mol. The average Bonchev–Trinajstić information content (AvgIpc) is 2.77. The molecule has 1 aliphatic rings. The maximum Gasteiger partial charge on any atom is 0.167 e. The van der Waals surface area contributed by atoms with Gasteiger partial charge in [-0.3, -0.25) is 0 Å². The summed E-state index contributed by atoms with van der Waals surface area (Å²) in [7, 11) is 0. The molecule has 1 unspecified atom stereocenters. The van der Waals surface area contributed by atoms with Gasteiger partial charge >= 0.3 is 0 Å². The van der Waals surface area contributed by atoms with E-state index in [1.807, 2.05) is 38.1 Å². The van der Waals surface area contributed by atoms with Crippen molar-refractivity contribution in [1.82, 2.24) is 0 Å². The molecule has 2 N–H and O–H groups in total. The zero-order chi connectivity index (χ0) is 13.0. The zero-order valence-corrected chi connectivity index (χ0v) is 11.0. The van der Waals surface area contributed by atoms with Crippen molar-refractivity contribution in [3.05, 3.63) is 29.8 Å². The van der Waals surface area contributed by atoms with Crippen LogP contribution in [-0.2, 0) is 9.47 Å². The third kappa shape index (κ3) is 3.22. The highest BCUT2D eigenvalue weighted by atomic mass is 16.7. The van der Waals surface area contributed by atoms with Gasteiger partial charge in [0.05, 0.1) is 19.8 Å². The van der Waals surface area contributed by atoms with Gasteiger partial charge in [-0.1, -0.05) is 12.1 Å². The van der Waals surface area contributed by atoms with Gasteiger partial charge < -0.3 is 19.9 Å². The molecule has 1 fully saturated rings. The quantitative estimate of drug-likeness (QED) is 0.872. The molecule has 4 heteroatoms. The van der Waals surface area contributed by atoms with Crippen molar-refractivity contribution >= 4 is 0 Å². The molecule has 0 spiro atoms. The maximum atomic E-state index is 6.18. The minimum atomic E-state index is -0.544. The largest absolute Gasteiger partial charge is 0.494 e. The summed E-state index contributed by atoms with van der Waals surface area (Å²) in [4.78, 5) is 0. The molecule has 4 nitrogen and oxygen atoms in total. The molecule has 100 valence electrons. The van der Waals surface area contributed by atoms with Gasteiger partial charge in [0.15, 0.2) is 5.79 Å². The first-order valence-electron chi connectivity index (χ1n) is 6.39. The molecule has 0 radical (unpaired) electrons. The van der Waals surface area contributed by atoms with E-state index < -0.39 is 5.79 Å². The fourth-order valence-electron chi connectivity index (χ4n) is 2.17. The lowest BCUT2D eigenvalue weighted by atomic mass is 10.0. The van der Waals surface area contributed by atoms with Crippen LogP contribution in [0.2, 0.25) is 0 Å². The third-order valence-corrected chi connectivity index (χ3v) is 3.11. The van der Waals surface area contributed by atoms with Crippen molar-refractivity contribution in [3.8, 4) is 5.75 Å². The number of hydrogen-bond donors (Lipinski definition) is 1. The van der Waals surface area contributed by atoms with Crippen LogP contribution in [0.3, 0.4) is 0 Å². The van der Waals surface area contributed by atoms with E-state index in [9.17, 15) is 0 Å². The van der Waals surface area contributed by atoms with Crippen LogP contribution in [0, 0.1) is 0 Å². The van der Waals surface area contributed by atoms with E-state index in [4.69, 9.17) is 19.9 Å². The van der Waals surface area contributed by atoms with Crippen molar-refractivity contribution in [2.24, 2.45) is 5.73 Å². The highest BCUT2D eigenvalue weighted by molar-refractivity contribution is 5.29. The second-order valence-electron chi connectivity index (χ2n) is 4.64. The number of rotatable bonds is 5. The normalized spacial score (nSPS) is 19.7. The SMILES string of the molecule is CCOc1ccc(C(N)CC2(C)OCCO2)cc1. The molecular formula is C14H21NO3. The third-order valence-electron chi connectivity index (χ3n) is 3.11. The predicted molar refractivity (Wildman–Crippen MR) is 69.5 cm³/mol. The Bertz CT molecular complexity index is 371. The number of ether oxygens (including phenoxy) is 3. The summed E-state index contributed by atoms with van der Waals surface area (Å²) in [6, 6.07) is 7.78. The summed E-state index contributed by atoms with van der Waals surface area (Å²) < 4.78 is 16.5. The number of benzene rings is 1. The Kier molecular flexibility index (Phi) is 4.22. The Hall–Kier alpha value is -1.10. The second-order valence-corrected chi connectivity index (χ2v) is 4.64. The van der Waals surface area contributed by atoms with E-state index in [1.54, 1.807) is 0 Å². The smallest absolute Gasteiger partial charge is 0.167 e. The summed E-state index contributed by atoms with van der Waals surface area (Å²) in [5.41, 5.74) is 7.25. The van der Waals surface area contributed by atoms with Gasteiger partial charge in [0.1, 0.15) is 5.75 Å². The van der Waals surface area contributed by atoms with Crippen LogP contribution in [-0.4, -0.2) is 25.6 Å². The lowest BCUT2D eigenvalue weighted by molar-refractivity contribution is -0.150. The maximum absolute atomic E-state index is 6.18. The molecule has 1 heterocycles. The molecule has 1 aliphatic heterocycles. The fraction of sp³-hybridized carbons (Fsp3) is 0.571. The van der Waals surface area contributed by atoms with Crippen LogP contribution in [0.5, 0.6) is 5.75 Å². The lowest BCUT2D eigenvalue weighted by Crippen LogP contribution is -2.31. The van der Waals surface area contributed by atoms with E-state index >= 15 is 0 Å². The van der Waals surface area contributed by atoms with E-state index in [1.165, 1.54) is 0 Å². The van der Waals surface area contributed by atoms with Gasteiger partial charge in [0.25, 0.3) is 0 Å². The van der Waals surface area contributed by atoms with Crippen LogP contribution in [0.4, 0.5) is 0 Å². The Morgan fingerprint density at radius 1 is 1.28 bits per heavy atom. The van der Waals surface area contributed by atoms with Crippen LogP contribution in [0.1, 0.15) is 31.9 Å². The highest BCUT2D eigenvalue weighted by Gasteiger charge is 2.33. The minimum absolute atomic E-state index is 0.0937. The Morgan fingerprint density at radius 3 is 2.44 bits per heavy atom. The van der Waals surface area contributed by atoms with Crippen molar-refractivity contribution in [1.29, 1.82) is 0 Å². The molecule has 0 saturated carbocycles. The molecule has 1 saturated heterocycles.